The smallest absolute Gasteiger partial charge is 0.242 e. The quantitative estimate of drug-likeness (QED) is 0.718. The van der Waals surface area contributed by atoms with Gasteiger partial charge in [-0.05, 0) is 38.0 Å². The van der Waals surface area contributed by atoms with Gasteiger partial charge >= 0.3 is 0 Å². The van der Waals surface area contributed by atoms with Gasteiger partial charge in [-0.25, -0.2) is 0 Å². The number of anilines is 1. The Kier molecular flexibility index (Phi) is 6.91. The number of unbranched alkanes of at least 4 members (excludes halogenated alkanes) is 2. The molecule has 112 valence electrons. The zero-order chi connectivity index (χ0) is 15.0. The summed E-state index contributed by atoms with van der Waals surface area (Å²) in [5, 5.41) is 6.15. The first kappa shape index (κ1) is 16.3. The minimum absolute atomic E-state index is 0.0182. The van der Waals surface area contributed by atoms with Crippen molar-refractivity contribution in [1.29, 1.82) is 0 Å². The molecule has 0 aliphatic carbocycles. The number of hydrogen-bond acceptors (Lipinski definition) is 3. The minimum atomic E-state index is -0.285. The SMILES string of the molecule is CCCCCNC(=O)C(C)Nc1cc(C)ccc1OC. The molecule has 0 spiro atoms. The van der Waals surface area contributed by atoms with Crippen LogP contribution in [-0.2, 0) is 4.79 Å². The minimum Gasteiger partial charge on any atom is -0.495 e. The van der Waals surface area contributed by atoms with Crippen LogP contribution in [0.4, 0.5) is 5.69 Å². The van der Waals surface area contributed by atoms with Crippen LogP contribution in [-0.4, -0.2) is 25.6 Å². The summed E-state index contributed by atoms with van der Waals surface area (Å²) in [6.07, 6.45) is 3.33. The Labute approximate surface area is 121 Å². The number of benzene rings is 1. The lowest BCUT2D eigenvalue weighted by molar-refractivity contribution is -0.121. The standard InChI is InChI=1S/C16H26N2O2/c1-5-6-7-10-17-16(19)13(3)18-14-11-12(2)8-9-15(14)20-4/h8-9,11,13,18H,5-7,10H2,1-4H3,(H,17,19). The summed E-state index contributed by atoms with van der Waals surface area (Å²) in [5.74, 6) is 0.769. The highest BCUT2D eigenvalue weighted by molar-refractivity contribution is 5.84. The highest BCUT2D eigenvalue weighted by Crippen LogP contribution is 2.25. The van der Waals surface area contributed by atoms with E-state index in [1.165, 1.54) is 0 Å². The van der Waals surface area contributed by atoms with Crippen LogP contribution in [0, 0.1) is 6.92 Å². The first-order valence-electron chi connectivity index (χ1n) is 7.27. The van der Waals surface area contributed by atoms with E-state index in [1.54, 1.807) is 7.11 Å². The molecule has 1 amide bonds. The molecule has 0 saturated carbocycles. The molecular weight excluding hydrogens is 252 g/mol. The Morgan fingerprint density at radius 3 is 2.75 bits per heavy atom. The average Bonchev–Trinajstić information content (AvgIpc) is 2.43. The monoisotopic (exact) mass is 278 g/mol. The third-order valence-corrected chi connectivity index (χ3v) is 3.20. The zero-order valence-corrected chi connectivity index (χ0v) is 13.0. The van der Waals surface area contributed by atoms with Crippen molar-refractivity contribution in [2.45, 2.75) is 46.1 Å². The van der Waals surface area contributed by atoms with Crippen molar-refractivity contribution < 1.29 is 9.53 Å². The number of methoxy groups -OCH3 is 1. The molecule has 1 aromatic rings. The number of aryl methyl sites for hydroxylation is 1. The Balaban J connectivity index is 2.54. The van der Waals surface area contributed by atoms with Crippen LogP contribution in [0.15, 0.2) is 18.2 Å². The number of carbonyl (C=O) groups excluding carboxylic acids is 1. The van der Waals surface area contributed by atoms with Gasteiger partial charge in [0, 0.05) is 6.54 Å². The second kappa shape index (κ2) is 8.46. The molecule has 0 aliphatic heterocycles. The molecule has 0 aromatic heterocycles. The van der Waals surface area contributed by atoms with Crippen LogP contribution >= 0.6 is 0 Å². The maximum Gasteiger partial charge on any atom is 0.242 e. The van der Waals surface area contributed by atoms with Crippen LogP contribution in [0.25, 0.3) is 0 Å². The lowest BCUT2D eigenvalue weighted by atomic mass is 10.2. The maximum absolute atomic E-state index is 12.0. The Bertz CT molecular complexity index is 432. The molecule has 0 saturated heterocycles. The van der Waals surface area contributed by atoms with Gasteiger partial charge < -0.3 is 15.4 Å². The normalized spacial score (nSPS) is 11.8. The first-order chi connectivity index (χ1) is 9.58. The summed E-state index contributed by atoms with van der Waals surface area (Å²) < 4.78 is 5.30. The topological polar surface area (TPSA) is 50.4 Å². The predicted octanol–water partition coefficient (Wildman–Crippen LogP) is 3.11. The Morgan fingerprint density at radius 1 is 1.35 bits per heavy atom. The number of amides is 1. The molecule has 1 rings (SSSR count). The number of hydrogen-bond donors (Lipinski definition) is 2. The molecular formula is C16H26N2O2. The van der Waals surface area contributed by atoms with Gasteiger partial charge in [0.15, 0.2) is 0 Å². The summed E-state index contributed by atoms with van der Waals surface area (Å²) in [5.41, 5.74) is 1.98. The van der Waals surface area contributed by atoms with Gasteiger partial charge in [-0.1, -0.05) is 25.8 Å². The average molecular weight is 278 g/mol. The molecule has 4 nitrogen and oxygen atoms in total. The molecule has 1 aromatic carbocycles. The van der Waals surface area contributed by atoms with Crippen molar-refractivity contribution in [2.75, 3.05) is 19.0 Å². The molecule has 4 heteroatoms. The summed E-state index contributed by atoms with van der Waals surface area (Å²) in [4.78, 5) is 12.0. The highest BCUT2D eigenvalue weighted by atomic mass is 16.5. The van der Waals surface area contributed by atoms with Gasteiger partial charge in [0.25, 0.3) is 0 Å². The van der Waals surface area contributed by atoms with E-state index in [9.17, 15) is 4.79 Å². The Hall–Kier alpha value is -1.71. The first-order valence-corrected chi connectivity index (χ1v) is 7.27. The second-order valence-electron chi connectivity index (χ2n) is 5.07. The summed E-state index contributed by atoms with van der Waals surface area (Å²) in [6.45, 7) is 6.76. The van der Waals surface area contributed by atoms with Crippen LogP contribution in [0.3, 0.4) is 0 Å². The third kappa shape index (κ3) is 5.11. The van der Waals surface area contributed by atoms with E-state index >= 15 is 0 Å². The number of ether oxygens (including phenoxy) is 1. The molecule has 0 fully saturated rings. The molecule has 2 N–H and O–H groups in total. The number of nitrogens with one attached hydrogen (secondary N) is 2. The van der Waals surface area contributed by atoms with E-state index in [0.29, 0.717) is 0 Å². The molecule has 0 bridgehead atoms. The molecule has 0 aliphatic rings. The van der Waals surface area contributed by atoms with Crippen LogP contribution in [0.5, 0.6) is 5.75 Å². The molecule has 0 radical (unpaired) electrons. The van der Waals surface area contributed by atoms with Gasteiger partial charge in [-0.15, -0.1) is 0 Å². The van der Waals surface area contributed by atoms with Gasteiger partial charge in [0.05, 0.1) is 12.8 Å². The van der Waals surface area contributed by atoms with Gasteiger partial charge in [0.2, 0.25) is 5.91 Å². The van der Waals surface area contributed by atoms with Crippen LogP contribution in [0.2, 0.25) is 0 Å². The highest BCUT2D eigenvalue weighted by Gasteiger charge is 2.14. The summed E-state index contributed by atoms with van der Waals surface area (Å²) in [6, 6.07) is 5.59. The van der Waals surface area contributed by atoms with E-state index in [0.717, 1.165) is 42.8 Å². The van der Waals surface area contributed by atoms with E-state index in [-0.39, 0.29) is 11.9 Å². The molecule has 0 heterocycles. The fourth-order valence-corrected chi connectivity index (χ4v) is 1.97. The van der Waals surface area contributed by atoms with Crippen LogP contribution < -0.4 is 15.4 Å². The second-order valence-corrected chi connectivity index (χ2v) is 5.07. The maximum atomic E-state index is 12.0. The van der Waals surface area contributed by atoms with Crippen molar-refractivity contribution in [3.63, 3.8) is 0 Å². The number of carbonyl (C=O) groups is 1. The molecule has 1 atom stereocenters. The zero-order valence-electron chi connectivity index (χ0n) is 13.0. The van der Waals surface area contributed by atoms with Crippen LogP contribution in [0.1, 0.15) is 38.7 Å². The molecule has 20 heavy (non-hydrogen) atoms. The fraction of sp³-hybridized carbons (Fsp3) is 0.562. The lowest BCUT2D eigenvalue weighted by Crippen LogP contribution is -2.38. The van der Waals surface area contributed by atoms with Crippen molar-refractivity contribution in [3.05, 3.63) is 23.8 Å². The largest absolute Gasteiger partial charge is 0.495 e. The van der Waals surface area contributed by atoms with E-state index in [1.807, 2.05) is 32.0 Å². The summed E-state index contributed by atoms with van der Waals surface area (Å²) in [7, 11) is 1.63. The van der Waals surface area contributed by atoms with E-state index in [2.05, 4.69) is 17.6 Å². The van der Waals surface area contributed by atoms with Crippen molar-refractivity contribution in [1.82, 2.24) is 5.32 Å². The van der Waals surface area contributed by atoms with Gasteiger partial charge in [-0.2, -0.15) is 0 Å². The van der Waals surface area contributed by atoms with Crippen molar-refractivity contribution >= 4 is 11.6 Å². The molecule has 1 unspecified atom stereocenters. The number of rotatable bonds is 8. The predicted molar refractivity (Wildman–Crippen MR) is 83.4 cm³/mol. The van der Waals surface area contributed by atoms with Crippen molar-refractivity contribution in [2.24, 2.45) is 0 Å². The fourth-order valence-electron chi connectivity index (χ4n) is 1.97. The van der Waals surface area contributed by atoms with Gasteiger partial charge in [-0.3, -0.25) is 4.79 Å². The lowest BCUT2D eigenvalue weighted by Gasteiger charge is -2.17. The van der Waals surface area contributed by atoms with Gasteiger partial charge in [0.1, 0.15) is 11.8 Å². The Morgan fingerprint density at radius 2 is 2.10 bits per heavy atom. The summed E-state index contributed by atoms with van der Waals surface area (Å²) >= 11 is 0. The van der Waals surface area contributed by atoms with E-state index < -0.39 is 0 Å². The third-order valence-electron chi connectivity index (χ3n) is 3.20. The van der Waals surface area contributed by atoms with E-state index in [4.69, 9.17) is 4.74 Å². The van der Waals surface area contributed by atoms with Crippen molar-refractivity contribution in [3.8, 4) is 5.75 Å².